The van der Waals surface area contributed by atoms with Gasteiger partial charge in [-0.1, -0.05) is 37.6 Å². The van der Waals surface area contributed by atoms with Crippen LogP contribution in [0.5, 0.6) is 0 Å². The molecule has 0 radical (unpaired) electrons. The predicted molar refractivity (Wildman–Crippen MR) is 87.1 cm³/mol. The molecule has 2 amide bonds. The number of carboxylic acid groups (broad SMARTS) is 1. The zero-order valence-electron chi connectivity index (χ0n) is 12.8. The van der Waals surface area contributed by atoms with E-state index >= 15 is 0 Å². The van der Waals surface area contributed by atoms with E-state index in [2.05, 4.69) is 5.32 Å². The number of carbonyl (C=O) groups excluding carboxylic acids is 1. The molecule has 4 N–H and O–H groups in total. The van der Waals surface area contributed by atoms with Crippen molar-refractivity contribution in [1.82, 2.24) is 4.90 Å². The molecule has 0 saturated heterocycles. The molecule has 0 unspecified atom stereocenters. The third kappa shape index (κ3) is 5.20. The van der Waals surface area contributed by atoms with E-state index in [0.29, 0.717) is 17.1 Å². The standard InChI is InChI=1S/C15H22ClN3O3/c1-10(2)9-13(14(20)21)19(8-7-17)15(22)18-12-6-4-3-5-11(12)16/h3-6,10,13H,7-9,17H2,1-2H3,(H,18,22)(H,20,21)/t13-/m0/s1. The largest absolute Gasteiger partial charge is 0.480 e. The maximum absolute atomic E-state index is 12.4. The van der Waals surface area contributed by atoms with Crippen molar-refractivity contribution < 1.29 is 14.7 Å². The molecule has 122 valence electrons. The highest BCUT2D eigenvalue weighted by atomic mass is 35.5. The number of para-hydroxylation sites is 1. The molecule has 0 spiro atoms. The second-order valence-electron chi connectivity index (χ2n) is 5.38. The van der Waals surface area contributed by atoms with Gasteiger partial charge in [0.25, 0.3) is 0 Å². The minimum atomic E-state index is -1.04. The van der Waals surface area contributed by atoms with Crippen molar-refractivity contribution >= 4 is 29.3 Å². The highest BCUT2D eigenvalue weighted by molar-refractivity contribution is 6.33. The van der Waals surface area contributed by atoms with Crippen molar-refractivity contribution in [2.45, 2.75) is 26.3 Å². The van der Waals surface area contributed by atoms with Gasteiger partial charge in [0.05, 0.1) is 10.7 Å². The van der Waals surface area contributed by atoms with Gasteiger partial charge >= 0.3 is 12.0 Å². The highest BCUT2D eigenvalue weighted by Gasteiger charge is 2.30. The number of carboxylic acids is 1. The first-order valence-electron chi connectivity index (χ1n) is 7.11. The van der Waals surface area contributed by atoms with E-state index in [1.54, 1.807) is 24.3 Å². The summed E-state index contributed by atoms with van der Waals surface area (Å²) in [6.45, 7) is 4.14. The molecule has 0 bridgehead atoms. The molecule has 22 heavy (non-hydrogen) atoms. The Hall–Kier alpha value is -1.79. The van der Waals surface area contributed by atoms with Crippen LogP contribution in [-0.4, -0.2) is 41.1 Å². The average molecular weight is 328 g/mol. The number of urea groups is 1. The van der Waals surface area contributed by atoms with E-state index in [4.69, 9.17) is 17.3 Å². The highest BCUT2D eigenvalue weighted by Crippen LogP contribution is 2.21. The van der Waals surface area contributed by atoms with Gasteiger partial charge in [-0.05, 0) is 24.5 Å². The van der Waals surface area contributed by atoms with Crippen LogP contribution in [0.15, 0.2) is 24.3 Å². The Kier molecular flexibility index (Phi) is 7.14. The molecule has 0 fully saturated rings. The maximum Gasteiger partial charge on any atom is 0.326 e. The fourth-order valence-electron chi connectivity index (χ4n) is 2.10. The molecule has 0 aliphatic heterocycles. The van der Waals surface area contributed by atoms with Crippen LogP contribution in [-0.2, 0) is 4.79 Å². The van der Waals surface area contributed by atoms with Crippen LogP contribution in [0.4, 0.5) is 10.5 Å². The summed E-state index contributed by atoms with van der Waals surface area (Å²) in [5, 5.41) is 12.4. The molecule has 0 saturated carbocycles. The molecule has 1 atom stereocenters. The lowest BCUT2D eigenvalue weighted by Gasteiger charge is -2.30. The van der Waals surface area contributed by atoms with Crippen molar-refractivity contribution in [3.63, 3.8) is 0 Å². The van der Waals surface area contributed by atoms with Crippen LogP contribution in [0, 0.1) is 5.92 Å². The third-order valence-corrected chi connectivity index (χ3v) is 3.43. The van der Waals surface area contributed by atoms with E-state index in [1.165, 1.54) is 4.90 Å². The molecule has 0 heterocycles. The summed E-state index contributed by atoms with van der Waals surface area (Å²) in [4.78, 5) is 25.1. The Bertz CT molecular complexity index is 523. The Morgan fingerprint density at radius 3 is 2.50 bits per heavy atom. The van der Waals surface area contributed by atoms with Gasteiger partial charge in [0, 0.05) is 13.1 Å². The van der Waals surface area contributed by atoms with E-state index < -0.39 is 18.0 Å². The van der Waals surface area contributed by atoms with Gasteiger partial charge in [0.2, 0.25) is 0 Å². The topological polar surface area (TPSA) is 95.7 Å². The summed E-state index contributed by atoms with van der Waals surface area (Å²) >= 11 is 6.00. The minimum Gasteiger partial charge on any atom is -0.480 e. The van der Waals surface area contributed by atoms with Crippen LogP contribution in [0.3, 0.4) is 0 Å². The van der Waals surface area contributed by atoms with Crippen LogP contribution >= 0.6 is 11.6 Å². The lowest BCUT2D eigenvalue weighted by atomic mass is 10.0. The molecule has 1 aromatic carbocycles. The van der Waals surface area contributed by atoms with E-state index in [1.807, 2.05) is 13.8 Å². The zero-order chi connectivity index (χ0) is 16.7. The van der Waals surface area contributed by atoms with Crippen LogP contribution < -0.4 is 11.1 Å². The first-order chi connectivity index (χ1) is 10.4. The molecule has 7 heteroatoms. The number of hydrogen-bond acceptors (Lipinski definition) is 3. The van der Waals surface area contributed by atoms with Gasteiger partial charge in [-0.2, -0.15) is 0 Å². The summed E-state index contributed by atoms with van der Waals surface area (Å²) < 4.78 is 0. The number of nitrogens with one attached hydrogen (secondary N) is 1. The SMILES string of the molecule is CC(C)C[C@@H](C(=O)O)N(CCN)C(=O)Nc1ccccc1Cl. The number of carbonyl (C=O) groups is 2. The van der Waals surface area contributed by atoms with Crippen LogP contribution in [0.25, 0.3) is 0 Å². The quantitative estimate of drug-likeness (QED) is 0.717. The smallest absolute Gasteiger partial charge is 0.326 e. The van der Waals surface area contributed by atoms with Gasteiger partial charge in [-0.3, -0.25) is 0 Å². The normalized spacial score (nSPS) is 12.0. The van der Waals surface area contributed by atoms with Gasteiger partial charge < -0.3 is 21.1 Å². The van der Waals surface area contributed by atoms with Gasteiger partial charge in [0.15, 0.2) is 0 Å². The number of benzene rings is 1. The molecular formula is C15H22ClN3O3. The lowest BCUT2D eigenvalue weighted by molar-refractivity contribution is -0.142. The summed E-state index contributed by atoms with van der Waals surface area (Å²) in [6.07, 6.45) is 0.352. The first kappa shape index (κ1) is 18.3. The molecule has 0 aromatic heterocycles. The summed E-state index contributed by atoms with van der Waals surface area (Å²) in [5.41, 5.74) is 5.95. The molecule has 6 nitrogen and oxygen atoms in total. The van der Waals surface area contributed by atoms with Gasteiger partial charge in [0.1, 0.15) is 6.04 Å². The maximum atomic E-state index is 12.4. The second-order valence-corrected chi connectivity index (χ2v) is 5.78. The Balaban J connectivity index is 2.94. The Morgan fingerprint density at radius 1 is 1.36 bits per heavy atom. The predicted octanol–water partition coefficient (Wildman–Crippen LogP) is 2.63. The van der Waals surface area contributed by atoms with Crippen molar-refractivity contribution in [3.8, 4) is 0 Å². The van der Waals surface area contributed by atoms with Gasteiger partial charge in [-0.25, -0.2) is 9.59 Å². The lowest BCUT2D eigenvalue weighted by Crippen LogP contribution is -2.49. The number of amides is 2. The third-order valence-electron chi connectivity index (χ3n) is 3.10. The summed E-state index contributed by atoms with van der Waals surface area (Å²) in [7, 11) is 0. The van der Waals surface area contributed by atoms with Crippen molar-refractivity contribution in [2.75, 3.05) is 18.4 Å². The Labute approximate surface area is 135 Å². The number of nitrogens with zero attached hydrogens (tertiary/aromatic N) is 1. The zero-order valence-corrected chi connectivity index (χ0v) is 13.5. The number of nitrogens with two attached hydrogens (primary N) is 1. The van der Waals surface area contributed by atoms with Gasteiger partial charge in [-0.15, -0.1) is 0 Å². The Morgan fingerprint density at radius 2 is 2.00 bits per heavy atom. The minimum absolute atomic E-state index is 0.134. The van der Waals surface area contributed by atoms with Crippen LogP contribution in [0.2, 0.25) is 5.02 Å². The van der Waals surface area contributed by atoms with E-state index in [-0.39, 0.29) is 19.0 Å². The molecule has 1 rings (SSSR count). The number of rotatable bonds is 7. The molecular weight excluding hydrogens is 306 g/mol. The van der Waals surface area contributed by atoms with Crippen molar-refractivity contribution in [3.05, 3.63) is 29.3 Å². The number of aliphatic carboxylic acids is 1. The average Bonchev–Trinajstić information content (AvgIpc) is 2.44. The van der Waals surface area contributed by atoms with Crippen molar-refractivity contribution in [2.24, 2.45) is 11.7 Å². The monoisotopic (exact) mass is 327 g/mol. The molecule has 0 aliphatic rings. The second kappa shape index (κ2) is 8.60. The fraction of sp³-hybridized carbons (Fsp3) is 0.467. The first-order valence-corrected chi connectivity index (χ1v) is 7.49. The number of hydrogen-bond donors (Lipinski definition) is 3. The molecule has 1 aromatic rings. The van der Waals surface area contributed by atoms with Crippen LogP contribution in [0.1, 0.15) is 20.3 Å². The van der Waals surface area contributed by atoms with E-state index in [0.717, 1.165) is 0 Å². The summed E-state index contributed by atoms with van der Waals surface area (Å²) in [6, 6.07) is 5.33. The number of anilines is 1. The van der Waals surface area contributed by atoms with E-state index in [9.17, 15) is 14.7 Å². The van der Waals surface area contributed by atoms with Crippen molar-refractivity contribution in [1.29, 1.82) is 0 Å². The fourth-order valence-corrected chi connectivity index (χ4v) is 2.28. The number of halogens is 1. The summed E-state index contributed by atoms with van der Waals surface area (Å²) in [5.74, 6) is -0.911. The molecule has 0 aliphatic carbocycles.